The van der Waals surface area contributed by atoms with Crippen LogP contribution < -0.4 is 14.6 Å². The maximum atomic E-state index is 5.80. The van der Waals surface area contributed by atoms with Gasteiger partial charge in [0.15, 0.2) is 5.82 Å². The summed E-state index contributed by atoms with van der Waals surface area (Å²) in [7, 11) is 1.81. The third kappa shape index (κ3) is 4.65. The van der Waals surface area contributed by atoms with Gasteiger partial charge >= 0.3 is 6.01 Å². The van der Waals surface area contributed by atoms with Crippen LogP contribution in [0.4, 0.5) is 11.6 Å². The summed E-state index contributed by atoms with van der Waals surface area (Å²) in [6.45, 7) is 6.06. The van der Waals surface area contributed by atoms with E-state index in [9.17, 15) is 0 Å². The van der Waals surface area contributed by atoms with Crippen molar-refractivity contribution in [3.8, 4) is 6.01 Å². The number of ether oxygens (including phenoxy) is 1. The van der Waals surface area contributed by atoms with Gasteiger partial charge in [-0.1, -0.05) is 6.07 Å². The molecule has 0 atom stereocenters. The Morgan fingerprint density at radius 2 is 2.08 bits per heavy atom. The number of piperidine rings is 1. The van der Waals surface area contributed by atoms with Crippen LogP contribution in [0.5, 0.6) is 6.01 Å². The van der Waals surface area contributed by atoms with E-state index in [2.05, 4.69) is 31.7 Å². The van der Waals surface area contributed by atoms with Gasteiger partial charge in [-0.15, -0.1) is 0 Å². The fourth-order valence-electron chi connectivity index (χ4n) is 2.78. The van der Waals surface area contributed by atoms with Gasteiger partial charge in [-0.3, -0.25) is 9.99 Å². The molecule has 0 N–H and O–H groups in total. The summed E-state index contributed by atoms with van der Waals surface area (Å²) >= 11 is 0. The second-order valence-electron chi connectivity index (χ2n) is 6.00. The van der Waals surface area contributed by atoms with Crippen LogP contribution >= 0.6 is 0 Å². The van der Waals surface area contributed by atoms with Crippen molar-refractivity contribution in [1.29, 1.82) is 0 Å². The molecule has 7 nitrogen and oxygen atoms in total. The van der Waals surface area contributed by atoms with Crippen molar-refractivity contribution in [2.24, 2.45) is 5.10 Å². The number of hydrazone groups is 1. The molecule has 132 valence electrons. The molecule has 0 unspecified atom stereocenters. The van der Waals surface area contributed by atoms with E-state index in [4.69, 9.17) is 4.74 Å². The molecule has 0 bridgehead atoms. The highest BCUT2D eigenvalue weighted by atomic mass is 16.5. The maximum Gasteiger partial charge on any atom is 0.320 e. The van der Waals surface area contributed by atoms with Gasteiger partial charge in [0.25, 0.3) is 0 Å². The van der Waals surface area contributed by atoms with Crippen LogP contribution in [0.15, 0.2) is 35.6 Å². The number of anilines is 2. The lowest BCUT2D eigenvalue weighted by Gasteiger charge is -2.28. The lowest BCUT2D eigenvalue weighted by Crippen LogP contribution is -2.30. The summed E-state index contributed by atoms with van der Waals surface area (Å²) in [5, 5.41) is 5.55. The average molecular weight is 340 g/mol. The van der Waals surface area contributed by atoms with E-state index in [1.165, 1.54) is 19.3 Å². The number of rotatable bonds is 7. The van der Waals surface area contributed by atoms with Crippen LogP contribution in [-0.4, -0.2) is 48.4 Å². The van der Waals surface area contributed by atoms with Crippen molar-refractivity contribution in [3.05, 3.63) is 36.2 Å². The number of hydrogen-bond donors (Lipinski definition) is 0. The van der Waals surface area contributed by atoms with Crippen LogP contribution in [0.1, 0.15) is 25.0 Å². The van der Waals surface area contributed by atoms with Crippen molar-refractivity contribution in [2.45, 2.75) is 25.7 Å². The molecule has 7 heteroatoms. The van der Waals surface area contributed by atoms with E-state index < -0.39 is 0 Å². The van der Waals surface area contributed by atoms with Crippen LogP contribution in [0, 0.1) is 0 Å². The molecule has 25 heavy (non-hydrogen) atoms. The smallest absolute Gasteiger partial charge is 0.320 e. The van der Waals surface area contributed by atoms with Gasteiger partial charge in [0.2, 0.25) is 0 Å². The van der Waals surface area contributed by atoms with Gasteiger partial charge in [0.1, 0.15) is 5.82 Å². The minimum absolute atomic E-state index is 0.365. The van der Waals surface area contributed by atoms with Gasteiger partial charge in [-0.05, 0) is 31.4 Å². The largest absolute Gasteiger partial charge is 0.463 e. The van der Waals surface area contributed by atoms with Gasteiger partial charge in [0.05, 0.1) is 6.61 Å². The Bertz CT molecular complexity index is 687. The zero-order valence-electron chi connectivity index (χ0n) is 14.6. The average Bonchev–Trinajstić information content (AvgIpc) is 2.68. The first kappa shape index (κ1) is 17.1. The Kier molecular flexibility index (Phi) is 5.77. The molecule has 0 saturated carbocycles. The Balaban J connectivity index is 1.73. The third-order valence-corrected chi connectivity index (χ3v) is 4.22. The minimum Gasteiger partial charge on any atom is -0.463 e. The van der Waals surface area contributed by atoms with Gasteiger partial charge < -0.3 is 9.64 Å². The van der Waals surface area contributed by atoms with Crippen LogP contribution in [0.25, 0.3) is 0 Å². The monoisotopic (exact) mass is 340 g/mol. The molecule has 1 saturated heterocycles. The molecule has 1 fully saturated rings. The number of pyridine rings is 1. The standard InChI is InChI=1S/C18H24N6O/c1-19-23(2)16-14-17(24-11-6-3-7-12-24)22-18(21-16)25-13-9-15-8-4-5-10-20-15/h4-5,8,10,14H,1,3,6-7,9,11-13H2,2H3. The SMILES string of the molecule is C=NN(C)c1cc(N2CCCCC2)nc(OCCc2ccccn2)n1. The summed E-state index contributed by atoms with van der Waals surface area (Å²) in [6, 6.07) is 8.16. The van der Waals surface area contributed by atoms with Crippen LogP contribution in [0.2, 0.25) is 0 Å². The highest BCUT2D eigenvalue weighted by molar-refractivity contribution is 5.52. The molecule has 3 heterocycles. The summed E-state index contributed by atoms with van der Waals surface area (Å²) in [5.41, 5.74) is 0.986. The van der Waals surface area contributed by atoms with Crippen molar-refractivity contribution in [1.82, 2.24) is 15.0 Å². The lowest BCUT2D eigenvalue weighted by molar-refractivity contribution is 0.295. The van der Waals surface area contributed by atoms with E-state index in [1.54, 1.807) is 11.2 Å². The predicted molar refractivity (Wildman–Crippen MR) is 99.5 cm³/mol. The topological polar surface area (TPSA) is 66.7 Å². The van der Waals surface area contributed by atoms with Gasteiger partial charge in [-0.2, -0.15) is 15.1 Å². The van der Waals surface area contributed by atoms with Crippen molar-refractivity contribution >= 4 is 18.4 Å². The summed E-state index contributed by atoms with van der Waals surface area (Å²) in [6.07, 6.45) is 6.14. The van der Waals surface area contributed by atoms with E-state index in [-0.39, 0.29) is 0 Å². The van der Waals surface area contributed by atoms with Crippen molar-refractivity contribution < 1.29 is 4.74 Å². The highest BCUT2D eigenvalue weighted by Crippen LogP contribution is 2.24. The molecule has 0 radical (unpaired) electrons. The van der Waals surface area contributed by atoms with Crippen molar-refractivity contribution in [3.63, 3.8) is 0 Å². The molecule has 0 spiro atoms. The molecular weight excluding hydrogens is 316 g/mol. The first-order valence-electron chi connectivity index (χ1n) is 8.63. The predicted octanol–water partition coefficient (Wildman–Crippen LogP) is 2.54. The molecule has 2 aromatic heterocycles. The maximum absolute atomic E-state index is 5.80. The zero-order valence-corrected chi connectivity index (χ0v) is 14.6. The Morgan fingerprint density at radius 1 is 1.24 bits per heavy atom. The molecule has 1 aliphatic rings. The number of nitrogens with zero attached hydrogens (tertiary/aromatic N) is 6. The van der Waals surface area contributed by atoms with Gasteiger partial charge in [0, 0.05) is 51.2 Å². The molecule has 3 rings (SSSR count). The van der Waals surface area contributed by atoms with E-state index in [1.807, 2.05) is 31.3 Å². The Morgan fingerprint density at radius 3 is 2.80 bits per heavy atom. The fraction of sp³-hybridized carbons (Fsp3) is 0.444. The number of hydrogen-bond acceptors (Lipinski definition) is 7. The quantitative estimate of drug-likeness (QED) is 0.570. The minimum atomic E-state index is 0.365. The molecule has 1 aliphatic heterocycles. The number of aromatic nitrogens is 3. The van der Waals surface area contributed by atoms with Crippen LogP contribution in [-0.2, 0) is 6.42 Å². The van der Waals surface area contributed by atoms with E-state index in [0.717, 1.165) is 24.6 Å². The van der Waals surface area contributed by atoms with Crippen LogP contribution in [0.3, 0.4) is 0 Å². The summed E-state index contributed by atoms with van der Waals surface area (Å²) in [5.74, 6) is 1.56. The van der Waals surface area contributed by atoms with E-state index >= 15 is 0 Å². The first-order chi connectivity index (χ1) is 12.3. The molecular formula is C18H24N6O. The highest BCUT2D eigenvalue weighted by Gasteiger charge is 2.16. The lowest BCUT2D eigenvalue weighted by atomic mass is 10.1. The zero-order chi connectivity index (χ0) is 17.5. The Labute approximate surface area is 148 Å². The normalized spacial score (nSPS) is 14.2. The second kappa shape index (κ2) is 8.41. The first-order valence-corrected chi connectivity index (χ1v) is 8.63. The van der Waals surface area contributed by atoms with E-state index in [0.29, 0.717) is 24.9 Å². The summed E-state index contributed by atoms with van der Waals surface area (Å²) < 4.78 is 5.80. The molecule has 0 amide bonds. The van der Waals surface area contributed by atoms with Crippen molar-refractivity contribution in [2.75, 3.05) is 36.7 Å². The molecule has 2 aromatic rings. The summed E-state index contributed by atoms with van der Waals surface area (Å²) in [4.78, 5) is 15.6. The fourth-order valence-corrected chi connectivity index (χ4v) is 2.78. The molecule has 0 aliphatic carbocycles. The third-order valence-electron chi connectivity index (χ3n) is 4.22. The second-order valence-corrected chi connectivity index (χ2v) is 6.00. The Hall–Kier alpha value is -2.70. The van der Waals surface area contributed by atoms with Gasteiger partial charge in [-0.25, -0.2) is 0 Å². The molecule has 0 aromatic carbocycles.